The fourth-order valence-corrected chi connectivity index (χ4v) is 13.8. The summed E-state index contributed by atoms with van der Waals surface area (Å²) in [5.74, 6) is 4.00. The molecule has 3 aromatic carbocycles. The molecule has 0 atom stereocenters. The van der Waals surface area contributed by atoms with Crippen LogP contribution in [0.25, 0.3) is 145 Å². The van der Waals surface area contributed by atoms with Crippen LogP contribution in [-0.4, -0.2) is 104 Å². The van der Waals surface area contributed by atoms with E-state index >= 15 is 0 Å². The average Bonchev–Trinajstić information content (AvgIpc) is 1.69. The van der Waals surface area contributed by atoms with Gasteiger partial charge in [-0.15, -0.1) is 11.8 Å². The second-order valence-electron chi connectivity index (χ2n) is 22.4. The second kappa shape index (κ2) is 26.7. The number of hydrogen-bond acceptors (Lipinski definition) is 14. The summed E-state index contributed by atoms with van der Waals surface area (Å²) in [7, 11) is 0. The van der Waals surface area contributed by atoms with Crippen LogP contribution in [-0.2, 0) is 0 Å². The van der Waals surface area contributed by atoms with Gasteiger partial charge in [0.1, 0.15) is 33.6 Å². The minimum Gasteiger partial charge on any atom is -0.336 e. The molecule has 0 saturated carbocycles. The van der Waals surface area contributed by atoms with Crippen LogP contribution in [0.1, 0.15) is 94.7 Å². The number of aryl methyl sites for hydroxylation is 1. The number of thioether (sulfide) groups is 1. The zero-order valence-electron chi connectivity index (χ0n) is 51.8. The maximum Gasteiger partial charge on any atom is 0.159 e. The first-order chi connectivity index (χ1) is 45.5. The van der Waals surface area contributed by atoms with Crippen LogP contribution in [0.4, 0.5) is 0 Å². The Hall–Kier alpha value is -10.3. The Bertz CT molecular complexity index is 5130. The Balaban J connectivity index is 0.000000117. The topological polar surface area (TPSA) is 249 Å². The van der Waals surface area contributed by atoms with Crippen molar-refractivity contribution in [1.82, 2.24) is 90.7 Å². The summed E-state index contributed by atoms with van der Waals surface area (Å²) in [5, 5.41) is 36.1. The molecule has 0 amide bonds. The summed E-state index contributed by atoms with van der Waals surface area (Å²) in [6, 6.07) is 33.4. The van der Waals surface area contributed by atoms with Crippen molar-refractivity contribution in [2.24, 2.45) is 0 Å². The van der Waals surface area contributed by atoms with E-state index in [0.29, 0.717) is 5.92 Å². The average molecular weight is 1250 g/mol. The van der Waals surface area contributed by atoms with E-state index in [1.54, 1.807) is 23.7 Å². The van der Waals surface area contributed by atoms with E-state index in [4.69, 9.17) is 15.0 Å². The number of aromatic nitrogens is 17. The molecule has 3 aliphatic rings. The molecule has 92 heavy (non-hydrogen) atoms. The van der Waals surface area contributed by atoms with Gasteiger partial charge in [0.25, 0.3) is 0 Å². The highest BCUT2D eigenvalue weighted by molar-refractivity contribution is 8.02. The highest BCUT2D eigenvalue weighted by Crippen LogP contribution is 2.38. The number of thiophene rings is 1. The number of piperidine rings is 1. The van der Waals surface area contributed by atoms with Crippen molar-refractivity contribution in [2.45, 2.75) is 79.1 Å². The minimum atomic E-state index is 0.615. The molecule has 18 rings (SSSR count). The van der Waals surface area contributed by atoms with E-state index in [1.165, 1.54) is 36.0 Å². The van der Waals surface area contributed by atoms with Gasteiger partial charge < -0.3 is 20.3 Å². The molecule has 458 valence electrons. The third-order valence-electron chi connectivity index (χ3n) is 16.8. The quantitative estimate of drug-likeness (QED) is 0.0711. The lowest BCUT2D eigenvalue weighted by Crippen LogP contribution is -2.26. The van der Waals surface area contributed by atoms with Gasteiger partial charge >= 0.3 is 0 Å². The van der Waals surface area contributed by atoms with E-state index in [-0.39, 0.29) is 0 Å². The first-order valence-corrected chi connectivity index (χ1v) is 33.5. The second-order valence-corrected chi connectivity index (χ2v) is 24.1. The van der Waals surface area contributed by atoms with Crippen LogP contribution in [0, 0.1) is 6.92 Å². The Morgan fingerprint density at radius 2 is 1.02 bits per heavy atom. The van der Waals surface area contributed by atoms with Gasteiger partial charge in [-0.3, -0.25) is 40.2 Å². The smallest absolute Gasteiger partial charge is 0.159 e. The van der Waals surface area contributed by atoms with Gasteiger partial charge in [-0.05, 0) is 193 Å². The van der Waals surface area contributed by atoms with Gasteiger partial charge in [-0.25, -0.2) is 15.0 Å². The molecule has 0 spiro atoms. The van der Waals surface area contributed by atoms with Gasteiger partial charge in [0, 0.05) is 81.8 Å². The molecule has 1 fully saturated rings. The number of nitrogens with one attached hydrogen (secondary N) is 7. The fraction of sp³-hybridized carbons (Fsp3) is 0.208. The van der Waals surface area contributed by atoms with Gasteiger partial charge in [0.05, 0.1) is 50.2 Å². The van der Waals surface area contributed by atoms with E-state index in [1.807, 2.05) is 119 Å². The third-order valence-corrected chi connectivity index (χ3v) is 18.4. The summed E-state index contributed by atoms with van der Waals surface area (Å²) in [4.78, 5) is 47.3. The van der Waals surface area contributed by atoms with Gasteiger partial charge in [0.2, 0.25) is 0 Å². The van der Waals surface area contributed by atoms with Gasteiger partial charge in [-0.2, -0.15) is 26.6 Å². The molecular formula is C72H68N18S2. The summed E-state index contributed by atoms with van der Waals surface area (Å²) in [6.07, 6.45) is 22.0. The lowest BCUT2D eigenvalue weighted by Gasteiger charge is -2.23. The van der Waals surface area contributed by atoms with Crippen molar-refractivity contribution in [2.75, 3.05) is 18.8 Å². The molecule has 1 saturated heterocycles. The van der Waals surface area contributed by atoms with Crippen LogP contribution < -0.4 is 5.32 Å². The molecule has 15 aromatic rings. The van der Waals surface area contributed by atoms with E-state index < -0.39 is 0 Å². The molecule has 0 radical (unpaired) electrons. The summed E-state index contributed by atoms with van der Waals surface area (Å²) in [6.45, 7) is 12.2. The molecule has 0 unspecified atom stereocenters. The zero-order valence-corrected chi connectivity index (χ0v) is 53.4. The van der Waals surface area contributed by atoms with Crippen LogP contribution in [0.15, 0.2) is 163 Å². The normalized spacial score (nSPS) is 14.0. The maximum atomic E-state index is 4.94. The molecule has 2 aliphatic heterocycles. The number of H-pyrrole nitrogens is 6. The summed E-state index contributed by atoms with van der Waals surface area (Å²) < 4.78 is 0. The molecule has 18 nitrogen and oxygen atoms in total. The molecule has 14 heterocycles. The van der Waals surface area contributed by atoms with Crippen molar-refractivity contribution in [1.29, 1.82) is 0 Å². The Kier molecular flexibility index (Phi) is 17.2. The Morgan fingerprint density at radius 1 is 0.467 bits per heavy atom. The van der Waals surface area contributed by atoms with Gasteiger partial charge in [-0.1, -0.05) is 52.0 Å². The van der Waals surface area contributed by atoms with Gasteiger partial charge in [0.15, 0.2) is 17.5 Å². The minimum absolute atomic E-state index is 0.615. The van der Waals surface area contributed by atoms with Crippen LogP contribution in [0.5, 0.6) is 0 Å². The van der Waals surface area contributed by atoms with Crippen molar-refractivity contribution in [3.8, 4) is 68.1 Å². The molecule has 12 aromatic heterocycles. The molecule has 1 aliphatic carbocycles. The number of pyridine rings is 5. The molecular weight excluding hydrogens is 1180 g/mol. The molecule has 20 heteroatoms. The molecule has 7 N–H and O–H groups in total. The number of hydrogen-bond donors (Lipinski definition) is 7. The Labute approximate surface area is 538 Å². The lowest BCUT2D eigenvalue weighted by atomic mass is 9.89. The predicted octanol–water partition coefficient (Wildman–Crippen LogP) is 17.2. The molecule has 0 bridgehead atoms. The van der Waals surface area contributed by atoms with Crippen LogP contribution >= 0.6 is 23.1 Å². The van der Waals surface area contributed by atoms with E-state index in [2.05, 4.69) is 153 Å². The number of nitrogens with zero attached hydrogens (tertiary/aromatic N) is 11. The maximum absolute atomic E-state index is 4.94. The summed E-state index contributed by atoms with van der Waals surface area (Å²) in [5.41, 5.74) is 24.6. The van der Waals surface area contributed by atoms with Crippen LogP contribution in [0.2, 0.25) is 0 Å². The fourth-order valence-electron chi connectivity index (χ4n) is 12.3. The highest BCUT2D eigenvalue weighted by atomic mass is 32.2. The SMILES string of the molecule is C1=C(c2nccc3[nH]c(-c4n[nH]c5ccc(-c6ccncc6)cc45)nc23)CCS1.C1=C(c2nccc3[nH]c(-c4n[nH]c5ccc(C6CCNCC6)cc45)nc23)CCC1.CC.CC.Cc1cncc(-c2ccc3[nH]nc(-c4nc5c(-c6ccsc6)nccc5[nH]4)c3c2)c1. The van der Waals surface area contributed by atoms with Crippen molar-refractivity contribution in [3.63, 3.8) is 0 Å². The monoisotopic (exact) mass is 1250 g/mol. The zero-order chi connectivity index (χ0) is 62.5. The van der Waals surface area contributed by atoms with Crippen molar-refractivity contribution in [3.05, 3.63) is 185 Å². The van der Waals surface area contributed by atoms with Crippen molar-refractivity contribution >= 4 is 100 Å². The van der Waals surface area contributed by atoms with E-state index in [0.717, 1.165) is 189 Å². The Morgan fingerprint density at radius 3 is 1.57 bits per heavy atom. The third kappa shape index (κ3) is 11.8. The number of fused-ring (bicyclic) bond motifs is 6. The number of allylic oxidation sites excluding steroid dienone is 3. The first-order valence-electron chi connectivity index (χ1n) is 31.6. The highest BCUT2D eigenvalue weighted by Gasteiger charge is 2.23. The number of rotatable bonds is 9. The predicted molar refractivity (Wildman–Crippen MR) is 376 cm³/mol. The largest absolute Gasteiger partial charge is 0.336 e. The number of imidazole rings is 3. The lowest BCUT2D eigenvalue weighted by molar-refractivity contribution is 0.460. The number of benzene rings is 3. The van der Waals surface area contributed by atoms with Crippen molar-refractivity contribution < 1.29 is 0 Å². The van der Waals surface area contributed by atoms with E-state index in [9.17, 15) is 0 Å². The standard InChI is InChI=1S/C23H16N6S.C23H24N6.C22H16N6S.2C2H6/c1-13-8-16(11-24-10-13)14-2-3-18-17(9-14)21(29-28-18)23-26-19-4-6-25-20(22(19)27-23)15-5-7-30-12-15;1-2-4-15(3-1)20-22-19(9-12-25-20)26-23(27-22)21-17-13-16(5-6-18(17)28-29-21)14-7-10-24-11-8-14;1-2-17-16(11-14(1)13-3-7-23-8-4-13)20(28-27-17)22-25-18-5-9-24-19(21(18)26-22)15-6-10-29-12-15;2*1-2/h2-12H,1H3,(H,26,27)(H,28,29);3,5-6,9,12-14,24H,1-2,4,7-8,10-11H2,(H,26,27)(H,28,29);1-5,7-9,11-12H,6,10H2,(H,25,26)(H,27,28);2*1-2H3. The van der Waals surface area contributed by atoms with Crippen LogP contribution in [0.3, 0.4) is 0 Å². The first kappa shape index (κ1) is 59.3. The summed E-state index contributed by atoms with van der Waals surface area (Å²) >= 11 is 3.48. The number of aromatic amines is 6.